The molecule has 2 rings (SSSR count). The molecule has 0 spiro atoms. The van der Waals surface area contributed by atoms with Crippen molar-refractivity contribution in [2.45, 2.75) is 6.10 Å². The highest BCUT2D eigenvalue weighted by Crippen LogP contribution is 2.23. The molecule has 0 saturated carbocycles. The number of hydrogen-bond acceptors (Lipinski definition) is 3. The fourth-order valence-corrected chi connectivity index (χ4v) is 1.29. The third-order valence-electron chi connectivity index (χ3n) is 1.92. The highest BCUT2D eigenvalue weighted by molar-refractivity contribution is 5.40. The van der Waals surface area contributed by atoms with Gasteiger partial charge in [0, 0.05) is 11.8 Å². The average molecular weight is 172 g/mol. The van der Waals surface area contributed by atoms with Gasteiger partial charge in [-0.3, -0.25) is 10.3 Å². The number of rotatable bonds is 1. The first-order valence-electron chi connectivity index (χ1n) is 3.98. The molecule has 1 heterocycles. The molecule has 13 heavy (non-hydrogen) atoms. The van der Waals surface area contributed by atoms with Gasteiger partial charge in [-0.2, -0.15) is 5.26 Å². The van der Waals surface area contributed by atoms with E-state index in [4.69, 9.17) is 10.1 Å². The van der Waals surface area contributed by atoms with E-state index in [1.54, 1.807) is 12.3 Å². The first-order chi connectivity index (χ1) is 6.42. The molecule has 0 bridgehead atoms. The van der Waals surface area contributed by atoms with E-state index in [1.807, 2.05) is 24.3 Å². The van der Waals surface area contributed by atoms with Gasteiger partial charge in [-0.05, 0) is 12.1 Å². The predicted octanol–water partition coefficient (Wildman–Crippen LogP) is 1.65. The van der Waals surface area contributed by atoms with Crippen molar-refractivity contribution >= 4 is 0 Å². The maximum absolute atomic E-state index is 8.83. The van der Waals surface area contributed by atoms with Crippen LogP contribution in [0, 0.1) is 11.3 Å². The summed E-state index contributed by atoms with van der Waals surface area (Å²) in [5, 5.41) is 8.83. The Balaban J connectivity index is 2.39. The van der Waals surface area contributed by atoms with Crippen LogP contribution in [0.2, 0.25) is 0 Å². The van der Waals surface area contributed by atoms with Crippen LogP contribution < -0.4 is 5.48 Å². The fourth-order valence-electron chi connectivity index (χ4n) is 1.29. The highest BCUT2D eigenvalue weighted by Gasteiger charge is 2.15. The van der Waals surface area contributed by atoms with Gasteiger partial charge >= 0.3 is 0 Å². The van der Waals surface area contributed by atoms with Crippen LogP contribution in [0.1, 0.15) is 17.2 Å². The number of nitrogens with one attached hydrogen (secondary N) is 1. The number of hydroxylamine groups is 1. The van der Waals surface area contributed by atoms with Gasteiger partial charge in [0.1, 0.15) is 6.10 Å². The summed E-state index contributed by atoms with van der Waals surface area (Å²) < 4.78 is 0. The molecule has 1 aromatic carbocycles. The highest BCUT2D eigenvalue weighted by atomic mass is 16.7. The Morgan fingerprint density at radius 1 is 1.38 bits per heavy atom. The SMILES string of the molecule is N#Cc1ccccc1C1C=CNO1. The van der Waals surface area contributed by atoms with Gasteiger partial charge in [-0.1, -0.05) is 18.2 Å². The summed E-state index contributed by atoms with van der Waals surface area (Å²) in [4.78, 5) is 5.17. The molecule has 1 aliphatic rings. The van der Waals surface area contributed by atoms with Crippen LogP contribution in [0.5, 0.6) is 0 Å². The van der Waals surface area contributed by atoms with E-state index >= 15 is 0 Å². The number of hydrogen-bond donors (Lipinski definition) is 1. The van der Waals surface area contributed by atoms with Gasteiger partial charge < -0.3 is 0 Å². The largest absolute Gasteiger partial charge is 0.274 e. The van der Waals surface area contributed by atoms with Crippen molar-refractivity contribution in [3.05, 3.63) is 47.7 Å². The molecule has 1 aromatic rings. The Kier molecular flexibility index (Phi) is 1.99. The Morgan fingerprint density at radius 2 is 2.23 bits per heavy atom. The molecule has 64 valence electrons. The van der Waals surface area contributed by atoms with Crippen LogP contribution in [-0.2, 0) is 4.84 Å². The molecule has 1 atom stereocenters. The van der Waals surface area contributed by atoms with Gasteiger partial charge in [-0.25, -0.2) is 0 Å². The van der Waals surface area contributed by atoms with E-state index < -0.39 is 0 Å². The lowest BCUT2D eigenvalue weighted by Gasteiger charge is -2.08. The minimum atomic E-state index is -0.143. The molecule has 3 heteroatoms. The van der Waals surface area contributed by atoms with Gasteiger partial charge in [0.25, 0.3) is 0 Å². The van der Waals surface area contributed by atoms with Gasteiger partial charge in [0.15, 0.2) is 0 Å². The van der Waals surface area contributed by atoms with Crippen LogP contribution in [0.4, 0.5) is 0 Å². The van der Waals surface area contributed by atoms with Crippen LogP contribution in [-0.4, -0.2) is 0 Å². The molecule has 0 saturated heterocycles. The predicted molar refractivity (Wildman–Crippen MR) is 47.3 cm³/mol. The lowest BCUT2D eigenvalue weighted by Crippen LogP contribution is -2.04. The van der Waals surface area contributed by atoms with Crippen molar-refractivity contribution in [3.63, 3.8) is 0 Å². The second kappa shape index (κ2) is 3.30. The minimum absolute atomic E-state index is 0.143. The zero-order valence-corrected chi connectivity index (χ0v) is 6.90. The number of nitriles is 1. The second-order valence-corrected chi connectivity index (χ2v) is 2.71. The van der Waals surface area contributed by atoms with E-state index in [-0.39, 0.29) is 6.10 Å². The molecule has 3 nitrogen and oxygen atoms in total. The molecule has 1 aliphatic heterocycles. The average Bonchev–Trinajstić information content (AvgIpc) is 2.70. The van der Waals surface area contributed by atoms with Gasteiger partial charge in [0.05, 0.1) is 11.6 Å². The normalized spacial score (nSPS) is 19.5. The van der Waals surface area contributed by atoms with Gasteiger partial charge in [0.2, 0.25) is 0 Å². The molecule has 0 amide bonds. The van der Waals surface area contributed by atoms with E-state index in [2.05, 4.69) is 11.5 Å². The van der Waals surface area contributed by atoms with Crippen molar-refractivity contribution < 1.29 is 4.84 Å². The summed E-state index contributed by atoms with van der Waals surface area (Å²) in [5.41, 5.74) is 4.18. The maximum Gasteiger partial charge on any atom is 0.132 e. The van der Waals surface area contributed by atoms with E-state index in [1.165, 1.54) is 0 Å². The third kappa shape index (κ3) is 1.40. The monoisotopic (exact) mass is 172 g/mol. The van der Waals surface area contributed by atoms with E-state index in [9.17, 15) is 0 Å². The lowest BCUT2D eigenvalue weighted by molar-refractivity contribution is 0.0468. The summed E-state index contributed by atoms with van der Waals surface area (Å²) in [5.74, 6) is 0. The number of benzene rings is 1. The van der Waals surface area contributed by atoms with Crippen LogP contribution >= 0.6 is 0 Å². The zero-order valence-electron chi connectivity index (χ0n) is 6.90. The molecule has 1 N–H and O–H groups in total. The molecule has 0 aromatic heterocycles. The minimum Gasteiger partial charge on any atom is -0.274 e. The van der Waals surface area contributed by atoms with Gasteiger partial charge in [-0.15, -0.1) is 0 Å². The summed E-state index contributed by atoms with van der Waals surface area (Å²) in [6.07, 6.45) is 3.45. The molecule has 0 radical (unpaired) electrons. The summed E-state index contributed by atoms with van der Waals surface area (Å²) in [6, 6.07) is 9.54. The quantitative estimate of drug-likeness (QED) is 0.700. The topological polar surface area (TPSA) is 45.0 Å². The summed E-state index contributed by atoms with van der Waals surface area (Å²) in [7, 11) is 0. The van der Waals surface area contributed by atoms with Crippen LogP contribution in [0.15, 0.2) is 36.5 Å². The first kappa shape index (κ1) is 7.84. The molecule has 0 fully saturated rings. The maximum atomic E-state index is 8.83. The molecule has 0 aliphatic carbocycles. The first-order valence-corrected chi connectivity index (χ1v) is 3.98. The van der Waals surface area contributed by atoms with E-state index in [0.717, 1.165) is 5.56 Å². The smallest absolute Gasteiger partial charge is 0.132 e. The molecule has 1 unspecified atom stereocenters. The fraction of sp³-hybridized carbons (Fsp3) is 0.100. The van der Waals surface area contributed by atoms with Crippen molar-refractivity contribution in [2.24, 2.45) is 0 Å². The summed E-state index contributed by atoms with van der Waals surface area (Å²) >= 11 is 0. The van der Waals surface area contributed by atoms with Crippen LogP contribution in [0.25, 0.3) is 0 Å². The van der Waals surface area contributed by atoms with Crippen LogP contribution in [0.3, 0.4) is 0 Å². The van der Waals surface area contributed by atoms with Crippen molar-refractivity contribution in [3.8, 4) is 6.07 Å². The second-order valence-electron chi connectivity index (χ2n) is 2.71. The Morgan fingerprint density at radius 3 is 2.92 bits per heavy atom. The molecular weight excluding hydrogens is 164 g/mol. The zero-order chi connectivity index (χ0) is 9.10. The van der Waals surface area contributed by atoms with Crippen molar-refractivity contribution in [1.29, 1.82) is 5.26 Å². The van der Waals surface area contributed by atoms with Crippen molar-refractivity contribution in [1.82, 2.24) is 5.48 Å². The van der Waals surface area contributed by atoms with E-state index in [0.29, 0.717) is 5.56 Å². The lowest BCUT2D eigenvalue weighted by atomic mass is 10.0. The number of nitrogens with zero attached hydrogens (tertiary/aromatic N) is 1. The third-order valence-corrected chi connectivity index (χ3v) is 1.92. The Bertz CT molecular complexity index is 379. The summed E-state index contributed by atoms with van der Waals surface area (Å²) in [6.45, 7) is 0. The molecular formula is C10H8N2O. The Hall–Kier alpha value is -1.79. The standard InChI is InChI=1S/C10H8N2O/c11-7-8-3-1-2-4-9(8)10-5-6-12-13-10/h1-6,10,12H. The van der Waals surface area contributed by atoms with Crippen molar-refractivity contribution in [2.75, 3.05) is 0 Å². The Labute approximate surface area is 76.2 Å².